The van der Waals surface area contributed by atoms with Crippen molar-refractivity contribution in [3.63, 3.8) is 0 Å². The molecule has 9 aliphatic carbocycles. The van der Waals surface area contributed by atoms with Crippen molar-refractivity contribution in [2.24, 2.45) is 35.5 Å². The SMILES string of the molecule is C[Si](C)(C)C1=CC(C(P)(c2ccccn2)c2ccccn2)=C(CP(C23CC4CC(CC(C4)C2)C3)C23CC4CC(CC(C4)C2)C3)C1[Si](C)(C)C. The molecule has 0 N–H and O–H groups in total. The van der Waals surface area contributed by atoms with Gasteiger partial charge in [-0.2, -0.15) is 0 Å². The van der Waals surface area contributed by atoms with Crippen LogP contribution in [-0.4, -0.2) is 42.6 Å². The molecule has 8 fully saturated rings. The van der Waals surface area contributed by atoms with Crippen LogP contribution in [0.4, 0.5) is 0 Å². The zero-order valence-corrected chi connectivity index (χ0v) is 35.4. The molecule has 2 unspecified atom stereocenters. The fourth-order valence-electron chi connectivity index (χ4n) is 14.3. The van der Waals surface area contributed by atoms with E-state index in [1.807, 2.05) is 23.2 Å². The number of pyridine rings is 2. The highest BCUT2D eigenvalue weighted by Gasteiger charge is 2.63. The zero-order valence-electron chi connectivity index (χ0n) is 31.3. The molecule has 8 bridgehead atoms. The molecular weight excluding hydrogens is 663 g/mol. The fraction of sp³-hybridized carbons (Fsp3) is 0.674. The summed E-state index contributed by atoms with van der Waals surface area (Å²) in [7, 11) is -0.0302. The molecule has 0 amide bonds. The topological polar surface area (TPSA) is 25.8 Å². The highest BCUT2D eigenvalue weighted by atomic mass is 31.1. The van der Waals surface area contributed by atoms with Crippen molar-refractivity contribution in [3.05, 3.63) is 82.6 Å². The lowest BCUT2D eigenvalue weighted by atomic mass is 9.55. The summed E-state index contributed by atoms with van der Waals surface area (Å²) in [5.41, 5.74) is 6.38. The second kappa shape index (κ2) is 11.8. The van der Waals surface area contributed by atoms with Crippen LogP contribution in [-0.2, 0) is 5.16 Å². The maximum Gasteiger partial charge on any atom is 0.0932 e. The van der Waals surface area contributed by atoms with Gasteiger partial charge in [0, 0.05) is 12.4 Å². The maximum absolute atomic E-state index is 5.17. The quantitative estimate of drug-likeness (QED) is 0.190. The van der Waals surface area contributed by atoms with Crippen molar-refractivity contribution in [1.29, 1.82) is 0 Å². The van der Waals surface area contributed by atoms with E-state index in [1.165, 1.54) is 6.16 Å². The van der Waals surface area contributed by atoms with E-state index in [0.29, 0.717) is 15.9 Å². The van der Waals surface area contributed by atoms with Crippen LogP contribution in [0.3, 0.4) is 0 Å². The lowest BCUT2D eigenvalue weighted by Gasteiger charge is -2.68. The minimum Gasteiger partial charge on any atom is -0.260 e. The Bertz CT molecular complexity index is 1500. The lowest BCUT2D eigenvalue weighted by molar-refractivity contribution is 0.0187. The van der Waals surface area contributed by atoms with E-state index >= 15 is 0 Å². The number of rotatable bonds is 9. The lowest BCUT2D eigenvalue weighted by Crippen LogP contribution is -2.57. The predicted octanol–water partition coefficient (Wildman–Crippen LogP) is 11.8. The van der Waals surface area contributed by atoms with Crippen LogP contribution in [0.15, 0.2) is 71.2 Å². The Hall–Kier alpha value is -0.926. The van der Waals surface area contributed by atoms with E-state index in [4.69, 9.17) is 9.97 Å². The summed E-state index contributed by atoms with van der Waals surface area (Å²) in [5.74, 6) is 6.13. The van der Waals surface area contributed by atoms with Gasteiger partial charge in [0.05, 0.1) is 32.7 Å². The average molecular weight is 725 g/mol. The molecule has 11 rings (SSSR count). The fourth-order valence-corrected chi connectivity index (χ4v) is 26.8. The van der Waals surface area contributed by atoms with Crippen LogP contribution >= 0.6 is 17.2 Å². The summed E-state index contributed by atoms with van der Waals surface area (Å²) < 4.78 is 0. The van der Waals surface area contributed by atoms with Crippen molar-refractivity contribution in [1.82, 2.24) is 9.97 Å². The molecule has 2 aromatic heterocycles. The van der Waals surface area contributed by atoms with E-state index in [0.717, 1.165) is 46.9 Å². The molecule has 9 aliphatic rings. The van der Waals surface area contributed by atoms with Crippen LogP contribution in [0.5, 0.6) is 0 Å². The molecule has 6 heteroatoms. The highest BCUT2D eigenvalue weighted by molar-refractivity contribution is 7.61. The Morgan fingerprint density at radius 1 is 0.673 bits per heavy atom. The molecule has 8 saturated carbocycles. The normalized spacial score (nSPS) is 38.8. The highest BCUT2D eigenvalue weighted by Crippen LogP contribution is 2.80. The first-order chi connectivity index (χ1) is 23.3. The van der Waals surface area contributed by atoms with Gasteiger partial charge in [0.25, 0.3) is 0 Å². The van der Waals surface area contributed by atoms with Gasteiger partial charge in [0.1, 0.15) is 0 Å². The molecule has 0 saturated heterocycles. The Labute approximate surface area is 303 Å². The first-order valence-corrected chi connectivity index (χ1v) is 29.3. The third kappa shape index (κ3) is 5.57. The van der Waals surface area contributed by atoms with Gasteiger partial charge < -0.3 is 0 Å². The smallest absolute Gasteiger partial charge is 0.0932 e. The Morgan fingerprint density at radius 2 is 1.08 bits per heavy atom. The molecule has 2 heterocycles. The van der Waals surface area contributed by atoms with E-state index in [2.05, 4.69) is 91.0 Å². The molecule has 0 aromatic carbocycles. The van der Waals surface area contributed by atoms with Crippen LogP contribution in [0, 0.1) is 35.5 Å². The van der Waals surface area contributed by atoms with Gasteiger partial charge in [-0.25, -0.2) is 0 Å². The molecular formula is C43H62N2P2Si2. The maximum atomic E-state index is 5.17. The monoisotopic (exact) mass is 724 g/mol. The van der Waals surface area contributed by atoms with Gasteiger partial charge in [0.2, 0.25) is 0 Å². The number of nitrogens with zero attached hydrogens (tertiary/aromatic N) is 2. The van der Waals surface area contributed by atoms with Crippen LogP contribution < -0.4 is 0 Å². The molecule has 0 aliphatic heterocycles. The number of aromatic nitrogens is 2. The molecule has 2 atom stereocenters. The molecule has 2 nitrogen and oxygen atoms in total. The first-order valence-electron chi connectivity index (χ1n) is 20.1. The number of allylic oxidation sites excluding steroid dienone is 4. The third-order valence-electron chi connectivity index (χ3n) is 15.1. The molecule has 2 aromatic rings. The van der Waals surface area contributed by atoms with Gasteiger partial charge in [-0.3, -0.25) is 9.97 Å². The number of hydrogen-bond donors (Lipinski definition) is 0. The zero-order chi connectivity index (χ0) is 34.0. The Balaban J connectivity index is 1.27. The molecule has 262 valence electrons. The van der Waals surface area contributed by atoms with Gasteiger partial charge >= 0.3 is 0 Å². The van der Waals surface area contributed by atoms with E-state index in [9.17, 15) is 0 Å². The van der Waals surface area contributed by atoms with Gasteiger partial charge in [-0.15, -0.1) is 9.24 Å². The summed E-state index contributed by atoms with van der Waals surface area (Å²) in [6.45, 7) is 16.0. The Morgan fingerprint density at radius 3 is 1.41 bits per heavy atom. The van der Waals surface area contributed by atoms with Crippen LogP contribution in [0.25, 0.3) is 0 Å². The van der Waals surface area contributed by atoms with Crippen molar-refractivity contribution in [3.8, 4) is 0 Å². The Kier molecular flexibility index (Phi) is 8.15. The summed E-state index contributed by atoms with van der Waals surface area (Å²) in [6, 6.07) is 13.2. The summed E-state index contributed by atoms with van der Waals surface area (Å²) in [4.78, 5) is 10.3. The number of hydrogen-bond acceptors (Lipinski definition) is 2. The second-order valence-electron chi connectivity index (χ2n) is 20.7. The first kappa shape index (κ1) is 33.9. The average Bonchev–Trinajstić information content (AvgIpc) is 3.44. The van der Waals surface area contributed by atoms with Crippen molar-refractivity contribution in [2.75, 3.05) is 6.16 Å². The van der Waals surface area contributed by atoms with Crippen molar-refractivity contribution in [2.45, 2.75) is 137 Å². The van der Waals surface area contributed by atoms with Gasteiger partial charge in [-0.1, -0.05) is 76.2 Å². The van der Waals surface area contributed by atoms with Crippen LogP contribution in [0.2, 0.25) is 44.8 Å². The minimum absolute atomic E-state index is 0.164. The van der Waals surface area contributed by atoms with Gasteiger partial charge in [-0.05, 0) is 164 Å². The predicted molar refractivity (Wildman–Crippen MR) is 218 cm³/mol. The van der Waals surface area contributed by atoms with Gasteiger partial charge in [0.15, 0.2) is 0 Å². The van der Waals surface area contributed by atoms with E-state index in [1.54, 1.807) is 82.6 Å². The summed E-state index contributed by atoms with van der Waals surface area (Å²) >= 11 is 0. The molecule has 0 radical (unpaired) electrons. The second-order valence-corrected chi connectivity index (χ2v) is 35.0. The standard InChI is InChI=1S/C43H62N2P2Si2/c1-48(2,3)37-21-36(43(46,38-11-7-9-13-44-38)39-12-8-10-14-45-39)35(40(37)49(4,5)6)28-47(41-22-29-15-30(23-41)17-31(16-29)24-41)42-25-32-18-33(26-42)20-34(19-32)27-42/h7-14,21,29-34,40H,15-20,22-28,46H2,1-6H3. The molecule has 0 spiro atoms. The largest absolute Gasteiger partial charge is 0.260 e. The minimum atomic E-state index is -1.66. The van der Waals surface area contributed by atoms with Crippen molar-refractivity contribution < 1.29 is 0 Å². The summed E-state index contributed by atoms with van der Waals surface area (Å²) in [5, 5.41) is 2.64. The van der Waals surface area contributed by atoms with Crippen LogP contribution in [0.1, 0.15) is 88.4 Å². The third-order valence-corrected chi connectivity index (χ3v) is 24.9. The van der Waals surface area contributed by atoms with E-state index < -0.39 is 21.3 Å². The molecule has 49 heavy (non-hydrogen) atoms. The summed E-state index contributed by atoms with van der Waals surface area (Å²) in [6.07, 6.45) is 27.1. The van der Waals surface area contributed by atoms with Crippen molar-refractivity contribution >= 4 is 33.3 Å². The van der Waals surface area contributed by atoms with E-state index in [-0.39, 0.29) is 7.92 Å².